The Kier molecular flexibility index (Phi) is 74.4. The molecular weight excluding hydrogens is 1070 g/mol. The lowest BCUT2D eigenvalue weighted by Gasteiger charge is -2.20. The Morgan fingerprint density at radius 3 is 0.885 bits per heavy atom. The highest BCUT2D eigenvalue weighted by Gasteiger charge is 2.18. The third kappa shape index (κ3) is 72.8. The maximum Gasteiger partial charge on any atom is 0.305 e. The summed E-state index contributed by atoms with van der Waals surface area (Å²) in [4.78, 5) is 24.6. The number of rotatable bonds is 74. The molecule has 0 aromatic heterocycles. The van der Waals surface area contributed by atoms with Gasteiger partial charge in [0.25, 0.3) is 0 Å². The molecular formula is C81H153NO5. The van der Waals surface area contributed by atoms with Crippen LogP contribution in [-0.2, 0) is 14.3 Å². The van der Waals surface area contributed by atoms with Gasteiger partial charge in [-0.2, -0.15) is 0 Å². The zero-order valence-electron chi connectivity index (χ0n) is 58.8. The Hall–Kier alpha value is -2.18. The molecule has 0 saturated carbocycles. The van der Waals surface area contributed by atoms with Gasteiger partial charge in [0.2, 0.25) is 5.91 Å². The molecule has 0 saturated heterocycles. The van der Waals surface area contributed by atoms with Crippen LogP contribution in [0.15, 0.2) is 48.6 Å². The average Bonchev–Trinajstić information content (AvgIpc) is 3.54. The molecule has 0 radical (unpaired) electrons. The molecule has 0 rings (SSSR count). The van der Waals surface area contributed by atoms with Crippen LogP contribution >= 0.6 is 0 Å². The van der Waals surface area contributed by atoms with E-state index in [4.69, 9.17) is 4.74 Å². The summed E-state index contributed by atoms with van der Waals surface area (Å²) in [7, 11) is 0. The van der Waals surface area contributed by atoms with Gasteiger partial charge in [-0.05, 0) is 89.9 Å². The first-order chi connectivity index (χ1) is 43.0. The van der Waals surface area contributed by atoms with Crippen LogP contribution in [-0.4, -0.2) is 47.4 Å². The number of allylic oxidation sites excluding steroid dienone is 7. The number of hydrogen-bond acceptors (Lipinski definition) is 5. The molecule has 0 aromatic carbocycles. The Bertz CT molecular complexity index is 1450. The molecule has 0 aliphatic rings. The summed E-state index contributed by atoms with van der Waals surface area (Å²) < 4.78 is 5.52. The minimum absolute atomic E-state index is 0.0202. The van der Waals surface area contributed by atoms with E-state index >= 15 is 0 Å². The van der Waals surface area contributed by atoms with E-state index < -0.39 is 12.1 Å². The smallest absolute Gasteiger partial charge is 0.305 e. The minimum Gasteiger partial charge on any atom is -0.466 e. The molecule has 6 heteroatoms. The van der Waals surface area contributed by atoms with Gasteiger partial charge in [0, 0.05) is 12.8 Å². The molecule has 0 fully saturated rings. The first-order valence-electron chi connectivity index (χ1n) is 39.4. The van der Waals surface area contributed by atoms with Crippen LogP contribution in [0.5, 0.6) is 0 Å². The minimum atomic E-state index is -0.841. The highest BCUT2D eigenvalue weighted by molar-refractivity contribution is 5.76. The third-order valence-electron chi connectivity index (χ3n) is 18.3. The highest BCUT2D eigenvalue weighted by Crippen LogP contribution is 2.19. The standard InChI is InChI=1S/C81H153NO5/c1-3-5-7-9-11-13-15-17-18-19-41-45-48-51-55-59-63-67-71-75-81(86)87-76-72-68-64-60-56-52-49-46-43-40-38-36-34-32-30-28-26-24-22-20-21-23-25-27-29-31-33-35-37-39-42-44-47-50-54-58-62-66-70-74-80(85)82-78(77-83)79(84)73-69-65-61-57-53-16-14-12-10-8-6-4-2/h17-18,20-21,24,26,69,73,78-79,83-84H,3-16,19,22-23,25,27-68,70-72,74-77H2,1-2H3,(H,82,85)/b18-17-,21-20-,26-24-,73-69+. The zero-order chi connectivity index (χ0) is 62.8. The number of amides is 1. The first-order valence-corrected chi connectivity index (χ1v) is 39.4. The molecule has 0 spiro atoms. The molecule has 3 N–H and O–H groups in total. The van der Waals surface area contributed by atoms with Gasteiger partial charge in [-0.25, -0.2) is 0 Å². The molecule has 0 bridgehead atoms. The number of aliphatic hydroxyl groups excluding tert-OH is 2. The monoisotopic (exact) mass is 1220 g/mol. The van der Waals surface area contributed by atoms with Crippen LogP contribution < -0.4 is 5.32 Å². The van der Waals surface area contributed by atoms with Crippen LogP contribution in [0.1, 0.15) is 431 Å². The fourth-order valence-corrected chi connectivity index (χ4v) is 12.3. The van der Waals surface area contributed by atoms with Crippen LogP contribution in [0, 0.1) is 0 Å². The third-order valence-corrected chi connectivity index (χ3v) is 18.3. The molecule has 0 aromatic rings. The molecule has 1 amide bonds. The van der Waals surface area contributed by atoms with Crippen molar-refractivity contribution in [2.24, 2.45) is 0 Å². The van der Waals surface area contributed by atoms with E-state index in [1.165, 1.54) is 360 Å². The molecule has 6 nitrogen and oxygen atoms in total. The normalized spacial score (nSPS) is 12.7. The lowest BCUT2D eigenvalue weighted by Crippen LogP contribution is -2.45. The molecule has 512 valence electrons. The first kappa shape index (κ1) is 84.8. The summed E-state index contributed by atoms with van der Waals surface area (Å²) >= 11 is 0. The van der Waals surface area contributed by atoms with E-state index in [0.29, 0.717) is 19.4 Å². The summed E-state index contributed by atoms with van der Waals surface area (Å²) in [5.41, 5.74) is 0. The van der Waals surface area contributed by atoms with E-state index in [1.807, 2.05) is 6.08 Å². The number of unbranched alkanes of at least 4 members (excludes halogenated alkanes) is 57. The van der Waals surface area contributed by atoms with Gasteiger partial charge in [-0.3, -0.25) is 9.59 Å². The van der Waals surface area contributed by atoms with Gasteiger partial charge >= 0.3 is 5.97 Å². The summed E-state index contributed by atoms with van der Waals surface area (Å²) in [6, 6.07) is -0.625. The number of carbonyl (C=O) groups excluding carboxylic acids is 2. The second kappa shape index (κ2) is 76.3. The quantitative estimate of drug-likeness (QED) is 0.0320. The van der Waals surface area contributed by atoms with Gasteiger partial charge in [0.1, 0.15) is 0 Å². The summed E-state index contributed by atoms with van der Waals surface area (Å²) in [6.45, 7) is 4.92. The Labute approximate surface area is 544 Å². The lowest BCUT2D eigenvalue weighted by atomic mass is 10.0. The average molecular weight is 1220 g/mol. The lowest BCUT2D eigenvalue weighted by molar-refractivity contribution is -0.143. The fourth-order valence-electron chi connectivity index (χ4n) is 12.3. The number of aliphatic hydroxyl groups is 2. The van der Waals surface area contributed by atoms with Crippen molar-refractivity contribution in [1.29, 1.82) is 0 Å². The van der Waals surface area contributed by atoms with Crippen LogP contribution in [0.25, 0.3) is 0 Å². The number of hydrogen-bond donors (Lipinski definition) is 3. The Balaban J connectivity index is 3.34. The zero-order valence-corrected chi connectivity index (χ0v) is 58.8. The van der Waals surface area contributed by atoms with Crippen molar-refractivity contribution < 1.29 is 24.5 Å². The number of carbonyl (C=O) groups is 2. The molecule has 0 aliphatic carbocycles. The summed E-state index contributed by atoms with van der Waals surface area (Å²) in [5.74, 6) is -0.0439. The van der Waals surface area contributed by atoms with Crippen molar-refractivity contribution in [3.8, 4) is 0 Å². The van der Waals surface area contributed by atoms with E-state index in [2.05, 4.69) is 55.6 Å². The van der Waals surface area contributed by atoms with Gasteiger partial charge in [0.05, 0.1) is 25.4 Å². The van der Waals surface area contributed by atoms with Crippen molar-refractivity contribution in [2.75, 3.05) is 13.2 Å². The number of ether oxygens (including phenoxy) is 1. The Morgan fingerprint density at radius 1 is 0.322 bits per heavy atom. The van der Waals surface area contributed by atoms with Crippen LogP contribution in [0.2, 0.25) is 0 Å². The molecule has 2 unspecified atom stereocenters. The second-order valence-corrected chi connectivity index (χ2v) is 27.0. The fraction of sp³-hybridized carbons (Fsp3) is 0.877. The number of esters is 1. The van der Waals surface area contributed by atoms with Crippen molar-refractivity contribution in [2.45, 2.75) is 443 Å². The Morgan fingerprint density at radius 2 is 0.575 bits per heavy atom. The number of nitrogens with one attached hydrogen (secondary N) is 1. The van der Waals surface area contributed by atoms with Crippen molar-refractivity contribution in [1.82, 2.24) is 5.32 Å². The van der Waals surface area contributed by atoms with Gasteiger partial charge in [-0.1, -0.05) is 377 Å². The van der Waals surface area contributed by atoms with Crippen molar-refractivity contribution in [3.05, 3.63) is 48.6 Å². The van der Waals surface area contributed by atoms with E-state index in [-0.39, 0.29) is 18.5 Å². The van der Waals surface area contributed by atoms with Gasteiger partial charge in [0.15, 0.2) is 0 Å². The van der Waals surface area contributed by atoms with Crippen molar-refractivity contribution in [3.63, 3.8) is 0 Å². The predicted molar refractivity (Wildman–Crippen MR) is 384 cm³/mol. The second-order valence-electron chi connectivity index (χ2n) is 27.0. The van der Waals surface area contributed by atoms with Gasteiger partial charge in [-0.15, -0.1) is 0 Å². The van der Waals surface area contributed by atoms with Gasteiger partial charge < -0.3 is 20.3 Å². The molecule has 0 heterocycles. The maximum atomic E-state index is 12.5. The summed E-state index contributed by atoms with van der Waals surface area (Å²) in [6.07, 6.45) is 101. The molecule has 0 aliphatic heterocycles. The van der Waals surface area contributed by atoms with Crippen molar-refractivity contribution >= 4 is 11.9 Å². The topological polar surface area (TPSA) is 95.9 Å². The van der Waals surface area contributed by atoms with Crippen LogP contribution in [0.4, 0.5) is 0 Å². The maximum absolute atomic E-state index is 12.5. The van der Waals surface area contributed by atoms with Crippen LogP contribution in [0.3, 0.4) is 0 Å². The molecule has 87 heavy (non-hydrogen) atoms. The van der Waals surface area contributed by atoms with E-state index in [9.17, 15) is 19.8 Å². The highest BCUT2D eigenvalue weighted by atomic mass is 16.5. The SMILES string of the molecule is CCCCCCCC/C=C\CCCCCCCCCCCC(=O)OCCCCCCCCCCCCCCCCC/C=C\C/C=C\CCCCCCCCCCCCCCCCCCCC(=O)NC(CO)C(O)/C=C/CCCCCCCCCCCC. The predicted octanol–water partition coefficient (Wildman–Crippen LogP) is 26.0. The largest absolute Gasteiger partial charge is 0.466 e. The van der Waals surface area contributed by atoms with E-state index in [1.54, 1.807) is 6.08 Å². The van der Waals surface area contributed by atoms with E-state index in [0.717, 1.165) is 44.9 Å². The summed E-state index contributed by atoms with van der Waals surface area (Å²) in [5, 5.41) is 23.1. The molecule has 2 atom stereocenters.